The molecule has 0 saturated carbocycles. The van der Waals surface area contributed by atoms with Gasteiger partial charge in [0.1, 0.15) is 0 Å². The van der Waals surface area contributed by atoms with Gasteiger partial charge in [0.2, 0.25) is 0 Å². The molecular formula is C15H23O2. The summed E-state index contributed by atoms with van der Waals surface area (Å²) in [5, 5.41) is 0. The maximum Gasteiger partial charge on any atom is 0.330 e. The van der Waals surface area contributed by atoms with E-state index in [4.69, 9.17) is 0 Å². The minimum atomic E-state index is -0.282. The van der Waals surface area contributed by atoms with Gasteiger partial charge in [-0.2, -0.15) is 0 Å². The normalized spacial score (nSPS) is 14.5. The summed E-state index contributed by atoms with van der Waals surface area (Å²) in [6.45, 7) is 7.91. The zero-order valence-electron chi connectivity index (χ0n) is 11.1. The SMILES string of the molecule is [CH2]C[C@H](C)/C=C\C=C\CC/C(C)=C\C(=O)OC. The van der Waals surface area contributed by atoms with E-state index in [2.05, 4.69) is 36.8 Å². The Bertz CT molecular complexity index is 298. The number of hydrogen-bond donors (Lipinski definition) is 0. The van der Waals surface area contributed by atoms with Crippen LogP contribution in [0.25, 0.3) is 0 Å². The van der Waals surface area contributed by atoms with Gasteiger partial charge in [0.15, 0.2) is 0 Å². The zero-order valence-corrected chi connectivity index (χ0v) is 11.1. The minimum absolute atomic E-state index is 0.282. The van der Waals surface area contributed by atoms with Gasteiger partial charge >= 0.3 is 5.97 Å². The molecule has 0 aromatic rings. The first-order valence-corrected chi connectivity index (χ1v) is 5.97. The second-order valence-corrected chi connectivity index (χ2v) is 4.13. The van der Waals surface area contributed by atoms with Crippen molar-refractivity contribution in [2.45, 2.75) is 33.1 Å². The Labute approximate surface area is 105 Å². The first-order chi connectivity index (χ1) is 8.10. The van der Waals surface area contributed by atoms with E-state index in [0.29, 0.717) is 5.92 Å². The Morgan fingerprint density at radius 1 is 1.41 bits per heavy atom. The van der Waals surface area contributed by atoms with Crippen molar-refractivity contribution in [1.82, 2.24) is 0 Å². The van der Waals surface area contributed by atoms with Gasteiger partial charge in [0, 0.05) is 6.08 Å². The number of rotatable bonds is 7. The summed E-state index contributed by atoms with van der Waals surface area (Å²) in [5.74, 6) is 0.247. The van der Waals surface area contributed by atoms with Crippen LogP contribution in [0.5, 0.6) is 0 Å². The highest BCUT2D eigenvalue weighted by Gasteiger charge is 1.95. The molecule has 0 unspecified atom stereocenters. The lowest BCUT2D eigenvalue weighted by Gasteiger charge is -1.98. The van der Waals surface area contributed by atoms with Crippen LogP contribution >= 0.6 is 0 Å². The van der Waals surface area contributed by atoms with Crippen LogP contribution in [-0.4, -0.2) is 13.1 Å². The van der Waals surface area contributed by atoms with E-state index in [1.165, 1.54) is 13.2 Å². The molecule has 17 heavy (non-hydrogen) atoms. The number of hydrogen-bond acceptors (Lipinski definition) is 2. The van der Waals surface area contributed by atoms with Gasteiger partial charge in [-0.15, -0.1) is 0 Å². The Morgan fingerprint density at radius 2 is 2.12 bits per heavy atom. The molecule has 0 aromatic heterocycles. The Kier molecular flexibility index (Phi) is 9.12. The van der Waals surface area contributed by atoms with Gasteiger partial charge in [-0.25, -0.2) is 4.79 Å². The molecule has 0 heterocycles. The van der Waals surface area contributed by atoms with Crippen LogP contribution < -0.4 is 0 Å². The first kappa shape index (κ1) is 15.7. The fraction of sp³-hybridized carbons (Fsp3) is 0.467. The van der Waals surface area contributed by atoms with E-state index in [1.807, 2.05) is 13.0 Å². The quantitative estimate of drug-likeness (QED) is 0.380. The van der Waals surface area contributed by atoms with E-state index in [0.717, 1.165) is 24.8 Å². The van der Waals surface area contributed by atoms with Gasteiger partial charge in [-0.05, 0) is 32.1 Å². The van der Waals surface area contributed by atoms with Crippen molar-refractivity contribution in [3.63, 3.8) is 0 Å². The number of carbonyl (C=O) groups is 1. The standard InChI is InChI=1S/C15H23O2/c1-5-13(2)10-8-6-7-9-11-14(3)12-15(16)17-4/h6-8,10,12-13H,1,5,9,11H2,2-4H3/b7-6+,10-8-,14-12-/t13-/m0/s1. The van der Waals surface area contributed by atoms with E-state index in [1.54, 1.807) is 0 Å². The highest BCUT2D eigenvalue weighted by Crippen LogP contribution is 2.05. The van der Waals surface area contributed by atoms with Crippen molar-refractivity contribution in [3.05, 3.63) is 42.9 Å². The van der Waals surface area contributed by atoms with Gasteiger partial charge in [-0.1, -0.05) is 43.7 Å². The Morgan fingerprint density at radius 3 is 2.71 bits per heavy atom. The van der Waals surface area contributed by atoms with Crippen molar-refractivity contribution in [3.8, 4) is 0 Å². The number of carbonyl (C=O) groups excluding carboxylic acids is 1. The third kappa shape index (κ3) is 9.61. The average Bonchev–Trinajstić information content (AvgIpc) is 2.32. The summed E-state index contributed by atoms with van der Waals surface area (Å²) < 4.78 is 4.55. The highest BCUT2D eigenvalue weighted by molar-refractivity contribution is 5.82. The highest BCUT2D eigenvalue weighted by atomic mass is 16.5. The molecule has 2 heteroatoms. The summed E-state index contributed by atoms with van der Waals surface area (Å²) >= 11 is 0. The monoisotopic (exact) mass is 235 g/mol. The molecule has 1 atom stereocenters. The summed E-state index contributed by atoms with van der Waals surface area (Å²) in [6.07, 6.45) is 12.6. The largest absolute Gasteiger partial charge is 0.466 e. The lowest BCUT2D eigenvalue weighted by molar-refractivity contribution is -0.134. The molecule has 2 nitrogen and oxygen atoms in total. The third-order valence-corrected chi connectivity index (χ3v) is 2.41. The molecule has 0 aromatic carbocycles. The molecular weight excluding hydrogens is 212 g/mol. The van der Waals surface area contributed by atoms with Crippen molar-refractivity contribution < 1.29 is 9.53 Å². The molecule has 0 bridgehead atoms. The topological polar surface area (TPSA) is 26.3 Å². The lowest BCUT2D eigenvalue weighted by atomic mass is 10.1. The van der Waals surface area contributed by atoms with E-state index in [-0.39, 0.29) is 5.97 Å². The molecule has 0 saturated heterocycles. The minimum Gasteiger partial charge on any atom is -0.466 e. The fourth-order valence-electron chi connectivity index (χ4n) is 1.17. The number of allylic oxidation sites excluding steroid dienone is 5. The van der Waals surface area contributed by atoms with Crippen LogP contribution in [-0.2, 0) is 9.53 Å². The van der Waals surface area contributed by atoms with Gasteiger partial charge in [0.25, 0.3) is 0 Å². The molecule has 0 fully saturated rings. The summed E-state index contributed by atoms with van der Waals surface area (Å²) in [5.41, 5.74) is 1.04. The predicted molar refractivity (Wildman–Crippen MR) is 72.4 cm³/mol. The van der Waals surface area contributed by atoms with Crippen LogP contribution in [0.4, 0.5) is 0 Å². The Balaban J connectivity index is 3.84. The zero-order chi connectivity index (χ0) is 13.1. The van der Waals surface area contributed by atoms with Crippen LogP contribution in [0.15, 0.2) is 36.0 Å². The van der Waals surface area contributed by atoms with Crippen molar-refractivity contribution in [1.29, 1.82) is 0 Å². The van der Waals surface area contributed by atoms with Crippen molar-refractivity contribution in [2.24, 2.45) is 5.92 Å². The van der Waals surface area contributed by atoms with Crippen LogP contribution in [0.2, 0.25) is 0 Å². The van der Waals surface area contributed by atoms with Crippen LogP contribution in [0, 0.1) is 12.8 Å². The van der Waals surface area contributed by atoms with Crippen LogP contribution in [0.3, 0.4) is 0 Å². The van der Waals surface area contributed by atoms with Gasteiger partial charge < -0.3 is 4.74 Å². The maximum absolute atomic E-state index is 10.9. The molecule has 0 amide bonds. The second kappa shape index (κ2) is 9.88. The molecule has 0 aliphatic rings. The molecule has 0 aliphatic carbocycles. The van der Waals surface area contributed by atoms with Gasteiger partial charge in [-0.3, -0.25) is 0 Å². The number of methoxy groups -OCH3 is 1. The van der Waals surface area contributed by atoms with E-state index >= 15 is 0 Å². The smallest absolute Gasteiger partial charge is 0.330 e. The fourth-order valence-corrected chi connectivity index (χ4v) is 1.17. The van der Waals surface area contributed by atoms with E-state index in [9.17, 15) is 4.79 Å². The molecule has 0 spiro atoms. The Hall–Kier alpha value is -1.31. The number of ether oxygens (including phenoxy) is 1. The molecule has 0 rings (SSSR count). The number of esters is 1. The summed E-state index contributed by atoms with van der Waals surface area (Å²) in [7, 11) is 1.39. The molecule has 95 valence electrons. The molecule has 0 N–H and O–H groups in total. The van der Waals surface area contributed by atoms with Crippen molar-refractivity contribution in [2.75, 3.05) is 7.11 Å². The third-order valence-electron chi connectivity index (χ3n) is 2.41. The van der Waals surface area contributed by atoms with Gasteiger partial charge in [0.05, 0.1) is 7.11 Å². The van der Waals surface area contributed by atoms with E-state index < -0.39 is 0 Å². The van der Waals surface area contributed by atoms with Crippen molar-refractivity contribution >= 4 is 5.97 Å². The van der Waals surface area contributed by atoms with Crippen LogP contribution in [0.1, 0.15) is 33.1 Å². The summed E-state index contributed by atoms with van der Waals surface area (Å²) in [6, 6.07) is 0. The second-order valence-electron chi connectivity index (χ2n) is 4.13. The average molecular weight is 235 g/mol. The predicted octanol–water partition coefficient (Wildman–Crippen LogP) is 3.86. The molecule has 1 radical (unpaired) electrons. The first-order valence-electron chi connectivity index (χ1n) is 5.97. The maximum atomic E-state index is 10.9. The summed E-state index contributed by atoms with van der Waals surface area (Å²) in [4.78, 5) is 10.9. The molecule has 0 aliphatic heterocycles. The lowest BCUT2D eigenvalue weighted by Crippen LogP contribution is -1.95.